The third kappa shape index (κ3) is 3.57. The van der Waals surface area contributed by atoms with Crippen LogP contribution in [0.1, 0.15) is 37.9 Å². The van der Waals surface area contributed by atoms with Crippen molar-refractivity contribution in [2.45, 2.75) is 33.7 Å². The first-order valence-corrected chi connectivity index (χ1v) is 6.26. The summed E-state index contributed by atoms with van der Waals surface area (Å²) in [6.45, 7) is 8.57. The predicted molar refractivity (Wildman–Crippen MR) is 73.4 cm³/mol. The van der Waals surface area contributed by atoms with Crippen LogP contribution < -0.4 is 5.32 Å². The van der Waals surface area contributed by atoms with Crippen LogP contribution in [-0.4, -0.2) is 19.6 Å². The Morgan fingerprint density at radius 2 is 2.00 bits per heavy atom. The lowest BCUT2D eigenvalue weighted by Gasteiger charge is -2.25. The Hall–Kier alpha value is -1.35. The summed E-state index contributed by atoms with van der Waals surface area (Å²) in [5.41, 5.74) is 2.01. The Morgan fingerprint density at radius 1 is 1.39 bits per heavy atom. The van der Waals surface area contributed by atoms with Gasteiger partial charge in [-0.1, -0.05) is 24.3 Å². The van der Waals surface area contributed by atoms with Crippen molar-refractivity contribution in [2.24, 2.45) is 5.41 Å². The number of ether oxygens (including phenoxy) is 1. The summed E-state index contributed by atoms with van der Waals surface area (Å²) in [6.07, 6.45) is 0. The van der Waals surface area contributed by atoms with Crippen molar-refractivity contribution < 1.29 is 9.53 Å². The molecule has 100 valence electrons. The molecule has 0 fully saturated rings. The van der Waals surface area contributed by atoms with Gasteiger partial charge in [-0.15, -0.1) is 0 Å². The molecule has 3 heteroatoms. The van der Waals surface area contributed by atoms with E-state index in [9.17, 15) is 4.79 Å². The van der Waals surface area contributed by atoms with Gasteiger partial charge in [-0.3, -0.25) is 4.79 Å². The molecule has 1 rings (SSSR count). The zero-order valence-electron chi connectivity index (χ0n) is 11.9. The smallest absolute Gasteiger partial charge is 0.312 e. The van der Waals surface area contributed by atoms with Gasteiger partial charge in [0, 0.05) is 12.6 Å². The number of carbonyl (C=O) groups is 1. The minimum Gasteiger partial charge on any atom is -0.469 e. The highest BCUT2D eigenvalue weighted by molar-refractivity contribution is 5.76. The third-order valence-corrected chi connectivity index (χ3v) is 3.24. The van der Waals surface area contributed by atoms with Crippen molar-refractivity contribution in [1.29, 1.82) is 0 Å². The number of hydrogen-bond donors (Lipinski definition) is 1. The van der Waals surface area contributed by atoms with Crippen LogP contribution in [0.4, 0.5) is 0 Å². The van der Waals surface area contributed by atoms with Gasteiger partial charge in [-0.05, 0) is 38.8 Å². The zero-order valence-corrected chi connectivity index (χ0v) is 11.9. The van der Waals surface area contributed by atoms with Crippen molar-refractivity contribution in [3.63, 3.8) is 0 Å². The van der Waals surface area contributed by atoms with Crippen LogP contribution in [-0.2, 0) is 9.53 Å². The SMILES string of the molecule is COC(=O)C(C)(C)CN[C@@H](C)c1ccccc1C. The maximum Gasteiger partial charge on any atom is 0.312 e. The van der Waals surface area contributed by atoms with E-state index in [1.807, 2.05) is 26.0 Å². The molecule has 0 aliphatic heterocycles. The molecule has 0 aliphatic rings. The lowest BCUT2D eigenvalue weighted by atomic mass is 9.92. The van der Waals surface area contributed by atoms with Gasteiger partial charge in [0.2, 0.25) is 0 Å². The van der Waals surface area contributed by atoms with Gasteiger partial charge < -0.3 is 10.1 Å². The van der Waals surface area contributed by atoms with Crippen LogP contribution in [0, 0.1) is 12.3 Å². The molecule has 1 aromatic carbocycles. The Kier molecular flexibility index (Phi) is 4.91. The zero-order chi connectivity index (χ0) is 13.8. The van der Waals surface area contributed by atoms with Crippen molar-refractivity contribution in [3.8, 4) is 0 Å². The van der Waals surface area contributed by atoms with Crippen molar-refractivity contribution in [3.05, 3.63) is 35.4 Å². The lowest BCUT2D eigenvalue weighted by molar-refractivity contribution is -0.150. The van der Waals surface area contributed by atoms with Gasteiger partial charge in [0.05, 0.1) is 12.5 Å². The number of esters is 1. The van der Waals surface area contributed by atoms with E-state index in [2.05, 4.69) is 31.3 Å². The van der Waals surface area contributed by atoms with Crippen molar-refractivity contribution in [1.82, 2.24) is 5.32 Å². The van der Waals surface area contributed by atoms with Crippen LogP contribution in [0.15, 0.2) is 24.3 Å². The van der Waals surface area contributed by atoms with E-state index in [0.29, 0.717) is 6.54 Å². The number of carbonyl (C=O) groups excluding carboxylic acids is 1. The van der Waals surface area contributed by atoms with Crippen molar-refractivity contribution in [2.75, 3.05) is 13.7 Å². The van der Waals surface area contributed by atoms with Crippen LogP contribution in [0.25, 0.3) is 0 Å². The Balaban J connectivity index is 2.64. The molecular weight excluding hydrogens is 226 g/mol. The first kappa shape index (κ1) is 14.7. The Labute approximate surface area is 110 Å². The molecule has 1 aromatic rings. The molecule has 1 N–H and O–H groups in total. The maximum absolute atomic E-state index is 11.6. The average molecular weight is 249 g/mol. The van der Waals surface area contributed by atoms with E-state index in [-0.39, 0.29) is 12.0 Å². The molecule has 3 nitrogen and oxygen atoms in total. The number of aryl methyl sites for hydroxylation is 1. The fourth-order valence-electron chi connectivity index (χ4n) is 1.94. The number of benzene rings is 1. The summed E-state index contributed by atoms with van der Waals surface area (Å²) in [6, 6.07) is 8.49. The molecule has 18 heavy (non-hydrogen) atoms. The van der Waals surface area contributed by atoms with Gasteiger partial charge >= 0.3 is 5.97 Å². The number of nitrogens with one attached hydrogen (secondary N) is 1. The molecule has 0 aliphatic carbocycles. The van der Waals surface area contributed by atoms with E-state index in [0.717, 1.165) is 0 Å². The highest BCUT2D eigenvalue weighted by Gasteiger charge is 2.28. The molecule has 0 aromatic heterocycles. The summed E-state index contributed by atoms with van der Waals surface area (Å²) >= 11 is 0. The average Bonchev–Trinajstić information content (AvgIpc) is 2.35. The minimum absolute atomic E-state index is 0.188. The topological polar surface area (TPSA) is 38.3 Å². The largest absolute Gasteiger partial charge is 0.469 e. The summed E-state index contributed by atoms with van der Waals surface area (Å²) in [4.78, 5) is 11.6. The second-order valence-electron chi connectivity index (χ2n) is 5.33. The van der Waals surface area contributed by atoms with E-state index in [1.165, 1.54) is 18.2 Å². The molecule has 0 amide bonds. The number of methoxy groups -OCH3 is 1. The van der Waals surface area contributed by atoms with E-state index >= 15 is 0 Å². The molecule has 0 radical (unpaired) electrons. The second-order valence-corrected chi connectivity index (χ2v) is 5.33. The highest BCUT2D eigenvalue weighted by atomic mass is 16.5. The molecule has 0 saturated carbocycles. The van der Waals surface area contributed by atoms with Gasteiger partial charge in [0.25, 0.3) is 0 Å². The summed E-state index contributed by atoms with van der Waals surface area (Å²) < 4.78 is 4.80. The molecule has 0 spiro atoms. The first-order chi connectivity index (χ1) is 8.38. The van der Waals surface area contributed by atoms with E-state index in [1.54, 1.807) is 0 Å². The molecule has 0 saturated heterocycles. The quantitative estimate of drug-likeness (QED) is 0.815. The van der Waals surface area contributed by atoms with Crippen LogP contribution in [0.2, 0.25) is 0 Å². The monoisotopic (exact) mass is 249 g/mol. The minimum atomic E-state index is -0.508. The van der Waals surface area contributed by atoms with Crippen LogP contribution >= 0.6 is 0 Å². The van der Waals surface area contributed by atoms with Crippen LogP contribution in [0.5, 0.6) is 0 Å². The fraction of sp³-hybridized carbons (Fsp3) is 0.533. The third-order valence-electron chi connectivity index (χ3n) is 3.24. The van der Waals surface area contributed by atoms with Gasteiger partial charge in [-0.2, -0.15) is 0 Å². The summed E-state index contributed by atoms with van der Waals surface area (Å²) in [5, 5.41) is 3.39. The molecule has 1 atom stereocenters. The second kappa shape index (κ2) is 6.01. The maximum atomic E-state index is 11.6. The van der Waals surface area contributed by atoms with Crippen LogP contribution in [0.3, 0.4) is 0 Å². The normalized spacial score (nSPS) is 13.2. The Morgan fingerprint density at radius 3 is 2.56 bits per heavy atom. The molecule has 0 heterocycles. The van der Waals surface area contributed by atoms with Gasteiger partial charge in [0.15, 0.2) is 0 Å². The number of rotatable bonds is 5. The molecular formula is C15H23NO2. The molecule has 0 unspecified atom stereocenters. The lowest BCUT2D eigenvalue weighted by Crippen LogP contribution is -2.38. The first-order valence-electron chi connectivity index (χ1n) is 6.26. The number of hydrogen-bond acceptors (Lipinski definition) is 3. The Bertz CT molecular complexity index is 413. The van der Waals surface area contributed by atoms with Crippen molar-refractivity contribution >= 4 is 5.97 Å². The fourth-order valence-corrected chi connectivity index (χ4v) is 1.94. The van der Waals surface area contributed by atoms with E-state index in [4.69, 9.17) is 4.74 Å². The summed E-state index contributed by atoms with van der Waals surface area (Å²) in [5.74, 6) is -0.188. The predicted octanol–water partition coefficient (Wildman–Crippen LogP) is 2.84. The van der Waals surface area contributed by atoms with Gasteiger partial charge in [-0.25, -0.2) is 0 Å². The summed E-state index contributed by atoms with van der Waals surface area (Å²) in [7, 11) is 1.43. The standard InChI is InChI=1S/C15H23NO2/c1-11-8-6-7-9-13(11)12(2)16-10-15(3,4)14(17)18-5/h6-9,12,16H,10H2,1-5H3/t12-/m0/s1. The van der Waals surface area contributed by atoms with E-state index < -0.39 is 5.41 Å². The highest BCUT2D eigenvalue weighted by Crippen LogP contribution is 2.20. The van der Waals surface area contributed by atoms with Gasteiger partial charge in [0.1, 0.15) is 0 Å². The molecule has 0 bridgehead atoms.